The first kappa shape index (κ1) is 51.0. The molecule has 3 N–H and O–H groups in total. The number of nitrogens with zero attached hydrogens (tertiary/aromatic N) is 5. The Balaban J connectivity index is 0.682. The molecule has 0 aliphatic carbocycles. The zero-order chi connectivity index (χ0) is 50.1. The summed E-state index contributed by atoms with van der Waals surface area (Å²) in [5, 5.41) is 5.35. The summed E-state index contributed by atoms with van der Waals surface area (Å²) in [6, 6.07) is 24.0. The van der Waals surface area contributed by atoms with Crippen molar-refractivity contribution in [2.75, 3.05) is 48.9 Å². The molecule has 4 aromatic carbocycles. The van der Waals surface area contributed by atoms with E-state index in [0.717, 1.165) is 147 Å². The predicted molar refractivity (Wildman–Crippen MR) is 276 cm³/mol. The Morgan fingerprint density at radius 3 is 2.18 bits per heavy atom. The van der Waals surface area contributed by atoms with Gasteiger partial charge in [-0.1, -0.05) is 86.6 Å². The van der Waals surface area contributed by atoms with Crippen molar-refractivity contribution in [2.24, 2.45) is 0 Å². The zero-order valence-electron chi connectivity index (χ0n) is 41.4. The molecule has 2 fully saturated rings. The van der Waals surface area contributed by atoms with Crippen LogP contribution in [0.15, 0.2) is 83.8 Å². The number of hydrogen-bond donors (Lipinski definition) is 3. The number of carbonyl (C=O) groups excluding carboxylic acids is 5. The van der Waals surface area contributed by atoms with Crippen LogP contribution in [0.1, 0.15) is 132 Å². The van der Waals surface area contributed by atoms with Gasteiger partial charge in [0.1, 0.15) is 11.9 Å². The number of imidazole rings is 1. The number of hydrogen-bond acceptors (Lipinski definition) is 10. The lowest BCUT2D eigenvalue weighted by atomic mass is 10.0. The van der Waals surface area contributed by atoms with E-state index in [1.807, 2.05) is 75.4 Å². The average molecular weight is 985 g/mol. The van der Waals surface area contributed by atoms with Gasteiger partial charge >= 0.3 is 0 Å². The van der Waals surface area contributed by atoms with Crippen LogP contribution in [0.3, 0.4) is 0 Å². The summed E-state index contributed by atoms with van der Waals surface area (Å²) in [4.78, 5) is 74.0. The van der Waals surface area contributed by atoms with Crippen LogP contribution >= 0.6 is 0 Å². The SMILES string of the molecule is Cc1cc(C)c(S(=O)(=O)Nc2ccc3c(c2)nc(CCCCCCCNC(=O)CCCCCCCN2CCN(c4ccc5c(c4)C(=O)N(C4CCC(=O)NC4=O)C5=O)CC2)n3Cc2ccccc2)c(C)c1. The van der Waals surface area contributed by atoms with Gasteiger partial charge in [0.2, 0.25) is 17.7 Å². The number of unbranched alkanes of at least 4 members (excludes halogenated alkanes) is 8. The highest BCUT2D eigenvalue weighted by atomic mass is 32.2. The average Bonchev–Trinajstić information content (AvgIpc) is 3.80. The Bertz CT molecular complexity index is 2850. The molecule has 0 radical (unpaired) electrons. The second-order valence-electron chi connectivity index (χ2n) is 19.5. The van der Waals surface area contributed by atoms with Gasteiger partial charge < -0.3 is 14.8 Å². The molecule has 5 amide bonds. The molecule has 0 spiro atoms. The van der Waals surface area contributed by atoms with Crippen molar-refractivity contribution >= 4 is 62.0 Å². The molecular formula is C55H68N8O7S. The number of imide groups is 2. The van der Waals surface area contributed by atoms with E-state index in [-0.39, 0.29) is 18.7 Å². The number of amides is 5. The van der Waals surface area contributed by atoms with E-state index in [4.69, 9.17) is 4.98 Å². The summed E-state index contributed by atoms with van der Waals surface area (Å²) in [7, 11) is -3.80. The minimum absolute atomic E-state index is 0.0914. The van der Waals surface area contributed by atoms with Crippen LogP contribution in [0.5, 0.6) is 0 Å². The Morgan fingerprint density at radius 1 is 0.746 bits per heavy atom. The Hall–Kier alpha value is -6.39. The number of aryl methyl sites for hydroxylation is 4. The number of piperidine rings is 1. The second-order valence-corrected chi connectivity index (χ2v) is 21.1. The molecule has 15 nitrogen and oxygen atoms in total. The van der Waals surface area contributed by atoms with E-state index < -0.39 is 39.7 Å². The number of fused-ring (bicyclic) bond motifs is 2. The molecule has 3 aliphatic heterocycles. The van der Waals surface area contributed by atoms with Crippen molar-refractivity contribution in [3.8, 4) is 0 Å². The maximum absolute atomic E-state index is 13.5. The largest absolute Gasteiger partial charge is 0.369 e. The van der Waals surface area contributed by atoms with Crippen molar-refractivity contribution < 1.29 is 32.4 Å². The highest BCUT2D eigenvalue weighted by Gasteiger charge is 2.45. The van der Waals surface area contributed by atoms with Crippen LogP contribution in [0.2, 0.25) is 0 Å². The quantitative estimate of drug-likeness (QED) is 0.0429. The van der Waals surface area contributed by atoms with Crippen molar-refractivity contribution in [3.05, 3.63) is 118 Å². The Kier molecular flexibility index (Phi) is 16.7. The lowest BCUT2D eigenvalue weighted by Gasteiger charge is -2.36. The third kappa shape index (κ3) is 12.6. The second kappa shape index (κ2) is 23.2. The topological polar surface area (TPSA) is 183 Å². The molecule has 1 atom stereocenters. The molecule has 1 aromatic heterocycles. The van der Waals surface area contributed by atoms with Crippen LogP contribution in [0.25, 0.3) is 11.0 Å². The molecule has 3 aliphatic rings. The zero-order valence-corrected chi connectivity index (χ0v) is 42.3. The van der Waals surface area contributed by atoms with E-state index in [1.54, 1.807) is 12.1 Å². The minimum atomic E-state index is -3.80. The van der Waals surface area contributed by atoms with Gasteiger partial charge in [0.25, 0.3) is 21.8 Å². The van der Waals surface area contributed by atoms with E-state index in [9.17, 15) is 32.4 Å². The molecule has 5 aromatic rings. The van der Waals surface area contributed by atoms with Gasteiger partial charge in [-0.05, 0) is 113 Å². The van der Waals surface area contributed by atoms with Crippen molar-refractivity contribution in [1.82, 2.24) is 30.0 Å². The van der Waals surface area contributed by atoms with Crippen LogP contribution < -0.4 is 20.3 Å². The number of nitrogens with one attached hydrogen (secondary N) is 3. The molecule has 376 valence electrons. The number of aromatic nitrogens is 2. The number of carbonyl (C=O) groups is 5. The number of anilines is 2. The summed E-state index contributed by atoms with van der Waals surface area (Å²) >= 11 is 0. The molecule has 2 saturated heterocycles. The third-order valence-corrected chi connectivity index (χ3v) is 15.8. The Labute approximate surface area is 417 Å². The van der Waals surface area contributed by atoms with E-state index in [2.05, 4.69) is 41.9 Å². The van der Waals surface area contributed by atoms with Gasteiger partial charge in [0.05, 0.1) is 32.7 Å². The standard InChI is InChI=1S/C55H68N8O7S/c1-38-33-39(2)52(40(3)34-38)71(69,70)59-42-21-24-47-46(35-42)57-49(62(47)37-41-17-11-10-12-18-41)19-13-6-4-8-15-27-56-50(64)20-14-7-5-9-16-28-60-29-31-61(32-30-60)43-22-23-44-45(36-43)55(68)63(54(44)67)48-25-26-51(65)58-53(48)66/h10-12,17-18,21-24,33-36,48,59H,4-9,13-16,19-20,25-32,37H2,1-3H3,(H,56,64)(H,58,65,66). The highest BCUT2D eigenvalue weighted by molar-refractivity contribution is 7.92. The van der Waals surface area contributed by atoms with Crippen LogP contribution in [0.4, 0.5) is 11.4 Å². The molecule has 0 bridgehead atoms. The minimum Gasteiger partial charge on any atom is -0.369 e. The molecule has 1 unspecified atom stereocenters. The number of benzene rings is 4. The molecular weight excluding hydrogens is 917 g/mol. The molecule has 71 heavy (non-hydrogen) atoms. The maximum Gasteiger partial charge on any atom is 0.262 e. The number of sulfonamides is 1. The van der Waals surface area contributed by atoms with Crippen molar-refractivity contribution in [2.45, 2.75) is 128 Å². The molecule has 0 saturated carbocycles. The summed E-state index contributed by atoms with van der Waals surface area (Å²) in [5.41, 5.74) is 7.33. The summed E-state index contributed by atoms with van der Waals surface area (Å²) < 4.78 is 32.1. The first-order valence-corrected chi connectivity index (χ1v) is 27.0. The number of rotatable bonds is 23. The van der Waals surface area contributed by atoms with Gasteiger partial charge in [-0.15, -0.1) is 0 Å². The van der Waals surface area contributed by atoms with Gasteiger partial charge in [-0.3, -0.25) is 43.8 Å². The fraction of sp³-hybridized carbons (Fsp3) is 0.455. The summed E-state index contributed by atoms with van der Waals surface area (Å²) in [5.74, 6) is -0.867. The summed E-state index contributed by atoms with van der Waals surface area (Å²) in [6.07, 6.45) is 12.0. The fourth-order valence-electron chi connectivity index (χ4n) is 10.5. The lowest BCUT2D eigenvalue weighted by molar-refractivity contribution is -0.136. The van der Waals surface area contributed by atoms with E-state index in [0.29, 0.717) is 41.2 Å². The Morgan fingerprint density at radius 2 is 1.44 bits per heavy atom. The van der Waals surface area contributed by atoms with Crippen LogP contribution in [-0.4, -0.2) is 103 Å². The first-order chi connectivity index (χ1) is 34.3. The fourth-order valence-corrected chi connectivity index (χ4v) is 12.0. The number of piperazine rings is 1. The van der Waals surface area contributed by atoms with Crippen LogP contribution in [-0.2, 0) is 37.4 Å². The van der Waals surface area contributed by atoms with Gasteiger partial charge in [-0.2, -0.15) is 0 Å². The smallest absolute Gasteiger partial charge is 0.262 e. The first-order valence-electron chi connectivity index (χ1n) is 25.5. The van der Waals surface area contributed by atoms with Crippen LogP contribution in [0, 0.1) is 20.8 Å². The van der Waals surface area contributed by atoms with Gasteiger partial charge in [-0.25, -0.2) is 13.4 Å². The van der Waals surface area contributed by atoms with Gasteiger partial charge in [0, 0.05) is 64.2 Å². The van der Waals surface area contributed by atoms with E-state index >= 15 is 0 Å². The molecule has 4 heterocycles. The third-order valence-electron chi connectivity index (χ3n) is 14.1. The van der Waals surface area contributed by atoms with Gasteiger partial charge in [0.15, 0.2) is 0 Å². The molecule has 16 heteroatoms. The normalized spacial score (nSPS) is 16.5. The predicted octanol–water partition coefficient (Wildman–Crippen LogP) is 7.98. The monoisotopic (exact) mass is 984 g/mol. The van der Waals surface area contributed by atoms with Crippen molar-refractivity contribution in [3.63, 3.8) is 0 Å². The summed E-state index contributed by atoms with van der Waals surface area (Å²) in [6.45, 7) is 11.4. The lowest BCUT2D eigenvalue weighted by Crippen LogP contribution is -2.54. The van der Waals surface area contributed by atoms with Crippen molar-refractivity contribution in [1.29, 1.82) is 0 Å². The van der Waals surface area contributed by atoms with E-state index in [1.165, 1.54) is 5.56 Å². The maximum atomic E-state index is 13.5. The molecule has 8 rings (SSSR count). The highest BCUT2D eigenvalue weighted by Crippen LogP contribution is 2.32.